The van der Waals surface area contributed by atoms with Crippen molar-refractivity contribution in [2.45, 2.75) is 44.9 Å². The van der Waals surface area contributed by atoms with Crippen molar-refractivity contribution in [1.82, 2.24) is 15.1 Å². The number of carbonyl (C=O) groups excluding carboxylic acids is 1. The minimum Gasteiger partial charge on any atom is -0.356 e. The highest BCUT2D eigenvalue weighted by Crippen LogP contribution is 2.43. The summed E-state index contributed by atoms with van der Waals surface area (Å²) < 4.78 is 0. The molecule has 128 valence electrons. The fourth-order valence-corrected chi connectivity index (χ4v) is 3.66. The Bertz CT molecular complexity index is 392. The molecule has 2 fully saturated rings. The first-order valence-electron chi connectivity index (χ1n) is 8.22. The van der Waals surface area contributed by atoms with Gasteiger partial charge < -0.3 is 15.1 Å². The van der Waals surface area contributed by atoms with Crippen molar-refractivity contribution < 1.29 is 4.79 Å². The van der Waals surface area contributed by atoms with Crippen LogP contribution in [-0.4, -0.2) is 62.4 Å². The Hall–Kier alpha value is -0.530. The van der Waals surface area contributed by atoms with Crippen molar-refractivity contribution in [2.75, 3.05) is 40.8 Å². The van der Waals surface area contributed by atoms with E-state index in [1.54, 1.807) is 19.0 Å². The molecule has 0 radical (unpaired) electrons. The monoisotopic (exact) mass is 422 g/mol. The number of hydrogen-bond donors (Lipinski definition) is 1. The van der Waals surface area contributed by atoms with Crippen LogP contribution in [0.4, 0.5) is 0 Å². The summed E-state index contributed by atoms with van der Waals surface area (Å²) in [5, 5.41) is 3.35. The van der Waals surface area contributed by atoms with Gasteiger partial charge in [-0.05, 0) is 24.7 Å². The van der Waals surface area contributed by atoms with Gasteiger partial charge >= 0.3 is 0 Å². The Balaban J connectivity index is 0.00000242. The van der Waals surface area contributed by atoms with Crippen LogP contribution in [0.5, 0.6) is 0 Å². The van der Waals surface area contributed by atoms with Crippen LogP contribution in [0.15, 0.2) is 4.99 Å². The Labute approximate surface area is 151 Å². The number of aliphatic imine (C=N–C) groups is 1. The van der Waals surface area contributed by atoms with Gasteiger partial charge in [0.2, 0.25) is 5.91 Å². The summed E-state index contributed by atoms with van der Waals surface area (Å²) in [5.41, 5.74) is 0.537. The third-order valence-corrected chi connectivity index (χ3v) is 4.98. The number of likely N-dealkylation sites (tertiary alicyclic amines) is 1. The molecule has 1 heterocycles. The maximum atomic E-state index is 11.6. The number of halogens is 1. The van der Waals surface area contributed by atoms with Crippen LogP contribution in [0.1, 0.15) is 44.9 Å². The van der Waals surface area contributed by atoms with E-state index in [4.69, 9.17) is 0 Å². The lowest BCUT2D eigenvalue weighted by Gasteiger charge is -2.33. The molecule has 5 nitrogen and oxygen atoms in total. The molecular formula is C16H31IN4O. The molecule has 1 aliphatic carbocycles. The highest BCUT2D eigenvalue weighted by atomic mass is 127. The van der Waals surface area contributed by atoms with Crippen molar-refractivity contribution >= 4 is 35.8 Å². The number of carbonyl (C=O) groups is 1. The predicted molar refractivity (Wildman–Crippen MR) is 102 cm³/mol. The van der Waals surface area contributed by atoms with Gasteiger partial charge in [0.15, 0.2) is 5.96 Å². The highest BCUT2D eigenvalue weighted by Gasteiger charge is 2.39. The third-order valence-electron chi connectivity index (χ3n) is 4.98. The number of nitrogens with one attached hydrogen (secondary N) is 1. The van der Waals surface area contributed by atoms with E-state index in [-0.39, 0.29) is 29.9 Å². The average Bonchev–Trinajstić information content (AvgIpc) is 2.87. The lowest BCUT2D eigenvalue weighted by molar-refractivity contribution is -0.128. The zero-order valence-corrected chi connectivity index (χ0v) is 16.6. The van der Waals surface area contributed by atoms with Gasteiger partial charge in [-0.15, -0.1) is 24.0 Å². The summed E-state index contributed by atoms with van der Waals surface area (Å²) in [6, 6.07) is 0. The Kier molecular flexibility index (Phi) is 7.93. The Morgan fingerprint density at radius 1 is 1.23 bits per heavy atom. The lowest BCUT2D eigenvalue weighted by atomic mass is 9.73. The molecule has 0 bridgehead atoms. The molecule has 2 aliphatic rings. The first kappa shape index (κ1) is 19.5. The van der Waals surface area contributed by atoms with Crippen LogP contribution in [-0.2, 0) is 4.79 Å². The molecule has 0 unspecified atom stereocenters. The molecule has 1 spiro atoms. The van der Waals surface area contributed by atoms with E-state index in [0.717, 1.165) is 19.0 Å². The molecule has 0 aromatic carbocycles. The summed E-state index contributed by atoms with van der Waals surface area (Å²) in [6.07, 6.45) is 8.74. The van der Waals surface area contributed by atoms with Gasteiger partial charge in [0.05, 0.1) is 0 Å². The molecule has 1 N–H and O–H groups in total. The van der Waals surface area contributed by atoms with Crippen molar-refractivity contribution in [3.63, 3.8) is 0 Å². The average molecular weight is 422 g/mol. The van der Waals surface area contributed by atoms with Crippen LogP contribution in [0.2, 0.25) is 0 Å². The van der Waals surface area contributed by atoms with Crippen LogP contribution in [0.25, 0.3) is 0 Å². The maximum Gasteiger partial charge on any atom is 0.223 e. The van der Waals surface area contributed by atoms with Crippen molar-refractivity contribution in [3.05, 3.63) is 0 Å². The molecule has 1 saturated carbocycles. The van der Waals surface area contributed by atoms with E-state index in [0.29, 0.717) is 18.4 Å². The molecule has 1 aliphatic heterocycles. The number of amides is 1. The summed E-state index contributed by atoms with van der Waals surface area (Å²) in [7, 11) is 5.43. The van der Waals surface area contributed by atoms with Crippen molar-refractivity contribution in [3.8, 4) is 0 Å². The van der Waals surface area contributed by atoms with E-state index >= 15 is 0 Å². The second-order valence-corrected chi connectivity index (χ2v) is 6.74. The normalized spacial score (nSPS) is 20.7. The van der Waals surface area contributed by atoms with Crippen LogP contribution >= 0.6 is 24.0 Å². The van der Waals surface area contributed by atoms with Gasteiger partial charge in [0.1, 0.15) is 0 Å². The van der Waals surface area contributed by atoms with Crippen LogP contribution in [0.3, 0.4) is 0 Å². The van der Waals surface area contributed by atoms with E-state index in [1.165, 1.54) is 38.5 Å². The zero-order chi connectivity index (χ0) is 15.3. The van der Waals surface area contributed by atoms with E-state index in [9.17, 15) is 4.79 Å². The summed E-state index contributed by atoms with van der Waals surface area (Å²) in [6.45, 7) is 2.89. The van der Waals surface area contributed by atoms with E-state index in [2.05, 4.69) is 15.2 Å². The summed E-state index contributed by atoms with van der Waals surface area (Å²) in [4.78, 5) is 20.0. The van der Waals surface area contributed by atoms with E-state index in [1.807, 2.05) is 7.05 Å². The van der Waals surface area contributed by atoms with Gasteiger partial charge in [0.25, 0.3) is 0 Å². The SMILES string of the molecule is CN=C(NCCC(=O)N(C)C)N1CCC2(CCCCC2)C1.I. The number of hydrogen-bond acceptors (Lipinski definition) is 2. The Morgan fingerprint density at radius 3 is 2.50 bits per heavy atom. The van der Waals surface area contributed by atoms with Gasteiger partial charge in [-0.2, -0.15) is 0 Å². The minimum atomic E-state index is 0. The topological polar surface area (TPSA) is 47.9 Å². The maximum absolute atomic E-state index is 11.6. The second-order valence-electron chi connectivity index (χ2n) is 6.74. The standard InChI is InChI=1S/C16H30N4O.HI/c1-17-15(18-11-7-14(21)19(2)3)20-12-10-16(13-20)8-5-4-6-9-16;/h4-13H2,1-3H3,(H,17,18);1H. The van der Waals surface area contributed by atoms with Gasteiger partial charge in [-0.1, -0.05) is 19.3 Å². The number of nitrogens with zero attached hydrogens (tertiary/aromatic N) is 3. The number of guanidine groups is 1. The molecule has 1 amide bonds. The predicted octanol–water partition coefficient (Wildman–Crippen LogP) is 2.31. The van der Waals surface area contributed by atoms with Gasteiger partial charge in [-0.3, -0.25) is 9.79 Å². The lowest BCUT2D eigenvalue weighted by Crippen LogP contribution is -2.42. The van der Waals surface area contributed by atoms with Gasteiger partial charge in [0, 0.05) is 47.2 Å². The minimum absolute atomic E-state index is 0. The van der Waals surface area contributed by atoms with Crippen molar-refractivity contribution in [2.24, 2.45) is 10.4 Å². The van der Waals surface area contributed by atoms with Crippen LogP contribution in [0, 0.1) is 5.41 Å². The highest BCUT2D eigenvalue weighted by molar-refractivity contribution is 14.0. The number of rotatable bonds is 3. The molecule has 0 atom stereocenters. The smallest absolute Gasteiger partial charge is 0.223 e. The van der Waals surface area contributed by atoms with Gasteiger partial charge in [-0.25, -0.2) is 0 Å². The second kappa shape index (κ2) is 8.93. The molecule has 6 heteroatoms. The molecule has 2 rings (SSSR count). The van der Waals surface area contributed by atoms with Crippen molar-refractivity contribution in [1.29, 1.82) is 0 Å². The zero-order valence-electron chi connectivity index (χ0n) is 14.2. The molecule has 0 aromatic rings. The Morgan fingerprint density at radius 2 is 1.91 bits per heavy atom. The first-order valence-corrected chi connectivity index (χ1v) is 8.22. The fourth-order valence-electron chi connectivity index (χ4n) is 3.66. The summed E-state index contributed by atoms with van der Waals surface area (Å²) >= 11 is 0. The fraction of sp³-hybridized carbons (Fsp3) is 0.875. The quantitative estimate of drug-likeness (QED) is 0.432. The molecule has 22 heavy (non-hydrogen) atoms. The third kappa shape index (κ3) is 4.99. The van der Waals surface area contributed by atoms with Crippen LogP contribution < -0.4 is 5.32 Å². The summed E-state index contributed by atoms with van der Waals surface area (Å²) in [5.74, 6) is 1.12. The molecular weight excluding hydrogens is 391 g/mol. The molecule has 1 saturated heterocycles. The largest absolute Gasteiger partial charge is 0.356 e. The first-order chi connectivity index (χ1) is 10.1. The molecule has 0 aromatic heterocycles. The van der Waals surface area contributed by atoms with E-state index < -0.39 is 0 Å².